The van der Waals surface area contributed by atoms with Crippen molar-refractivity contribution >= 4 is 27.3 Å². The van der Waals surface area contributed by atoms with Crippen molar-refractivity contribution in [2.24, 2.45) is 0 Å². The standard InChI is InChI=1S/C30H28N2O4S/c1-3-21-36-26-17-15-25(16-18-26)31-30(33)28-11-7-8-12-29(28)32(22-24-9-5-4-6-10-24)37(34,35)27-19-13-23(2)14-20-27/h3-20H,1,21-22H2,2H3,(H,31,33). The monoisotopic (exact) mass is 512 g/mol. The fourth-order valence-corrected chi connectivity index (χ4v) is 5.23. The molecule has 0 aromatic heterocycles. The Kier molecular flexibility index (Phi) is 8.05. The first-order valence-electron chi connectivity index (χ1n) is 11.8. The number of sulfonamides is 1. The smallest absolute Gasteiger partial charge is 0.264 e. The number of nitrogens with one attached hydrogen (secondary N) is 1. The second-order valence-electron chi connectivity index (χ2n) is 8.41. The van der Waals surface area contributed by atoms with Gasteiger partial charge in [0.2, 0.25) is 0 Å². The van der Waals surface area contributed by atoms with E-state index < -0.39 is 15.9 Å². The lowest BCUT2D eigenvalue weighted by atomic mass is 10.1. The molecule has 0 aliphatic heterocycles. The van der Waals surface area contributed by atoms with Gasteiger partial charge in [0, 0.05) is 5.69 Å². The van der Waals surface area contributed by atoms with Gasteiger partial charge in [-0.1, -0.05) is 72.8 Å². The number of rotatable bonds is 10. The highest BCUT2D eigenvalue weighted by Gasteiger charge is 2.28. The molecule has 0 radical (unpaired) electrons. The quantitative estimate of drug-likeness (QED) is 0.257. The molecule has 0 fully saturated rings. The maximum atomic E-state index is 13.9. The summed E-state index contributed by atoms with van der Waals surface area (Å²) in [6, 6.07) is 29.6. The highest BCUT2D eigenvalue weighted by Crippen LogP contribution is 2.30. The molecule has 7 heteroatoms. The Morgan fingerprint density at radius 1 is 0.892 bits per heavy atom. The van der Waals surface area contributed by atoms with E-state index in [-0.39, 0.29) is 22.7 Å². The molecule has 0 unspecified atom stereocenters. The summed E-state index contributed by atoms with van der Waals surface area (Å²) in [7, 11) is -3.98. The van der Waals surface area contributed by atoms with Crippen molar-refractivity contribution in [1.82, 2.24) is 0 Å². The minimum atomic E-state index is -3.98. The molecule has 4 aromatic carbocycles. The Labute approximate surface area is 217 Å². The first-order valence-corrected chi connectivity index (χ1v) is 13.2. The molecule has 0 aliphatic rings. The fraction of sp³-hybridized carbons (Fsp3) is 0.100. The first kappa shape index (κ1) is 25.7. The van der Waals surface area contributed by atoms with E-state index >= 15 is 0 Å². The molecular weight excluding hydrogens is 484 g/mol. The molecule has 0 heterocycles. The van der Waals surface area contributed by atoms with Gasteiger partial charge in [0.05, 0.1) is 22.7 Å². The van der Waals surface area contributed by atoms with E-state index in [2.05, 4.69) is 11.9 Å². The van der Waals surface area contributed by atoms with E-state index in [4.69, 9.17) is 4.74 Å². The number of carbonyl (C=O) groups excluding carboxylic acids is 1. The van der Waals surface area contributed by atoms with Crippen LogP contribution in [-0.2, 0) is 16.6 Å². The minimum absolute atomic E-state index is 0.0662. The lowest BCUT2D eigenvalue weighted by Crippen LogP contribution is -2.32. The summed E-state index contributed by atoms with van der Waals surface area (Å²) in [4.78, 5) is 13.5. The van der Waals surface area contributed by atoms with Crippen molar-refractivity contribution in [3.63, 3.8) is 0 Å². The third-order valence-corrected chi connectivity index (χ3v) is 7.45. The van der Waals surface area contributed by atoms with Crippen molar-refractivity contribution in [2.75, 3.05) is 16.2 Å². The lowest BCUT2D eigenvalue weighted by Gasteiger charge is -2.26. The number of amides is 1. The zero-order valence-corrected chi connectivity index (χ0v) is 21.3. The maximum absolute atomic E-state index is 13.9. The summed E-state index contributed by atoms with van der Waals surface area (Å²) < 4.78 is 34.5. The Balaban J connectivity index is 1.70. The average Bonchev–Trinajstić information content (AvgIpc) is 2.92. The molecule has 0 atom stereocenters. The van der Waals surface area contributed by atoms with Crippen LogP contribution in [0.3, 0.4) is 0 Å². The highest BCUT2D eigenvalue weighted by molar-refractivity contribution is 7.92. The molecule has 0 spiro atoms. The van der Waals surface area contributed by atoms with Crippen LogP contribution in [0.1, 0.15) is 21.5 Å². The highest BCUT2D eigenvalue weighted by atomic mass is 32.2. The summed E-state index contributed by atoms with van der Waals surface area (Å²) in [5, 5.41) is 2.86. The number of hydrogen-bond donors (Lipinski definition) is 1. The van der Waals surface area contributed by atoms with Crippen molar-refractivity contribution in [2.45, 2.75) is 18.4 Å². The van der Waals surface area contributed by atoms with E-state index in [9.17, 15) is 13.2 Å². The van der Waals surface area contributed by atoms with Crippen LogP contribution in [0.2, 0.25) is 0 Å². The van der Waals surface area contributed by atoms with Gasteiger partial charge < -0.3 is 10.1 Å². The van der Waals surface area contributed by atoms with Crippen molar-refractivity contribution in [1.29, 1.82) is 0 Å². The largest absolute Gasteiger partial charge is 0.490 e. The Morgan fingerprint density at radius 2 is 1.54 bits per heavy atom. The van der Waals surface area contributed by atoms with Crippen molar-refractivity contribution < 1.29 is 17.9 Å². The zero-order chi connectivity index (χ0) is 26.3. The topological polar surface area (TPSA) is 75.7 Å². The van der Waals surface area contributed by atoms with Crippen LogP contribution in [0.15, 0.2) is 121 Å². The zero-order valence-electron chi connectivity index (χ0n) is 20.5. The lowest BCUT2D eigenvalue weighted by molar-refractivity contribution is 0.102. The number of hydrogen-bond acceptors (Lipinski definition) is 4. The number of aryl methyl sites for hydroxylation is 1. The number of benzene rings is 4. The van der Waals surface area contributed by atoms with Crippen LogP contribution < -0.4 is 14.4 Å². The van der Waals surface area contributed by atoms with E-state index in [1.54, 1.807) is 78.9 Å². The van der Waals surface area contributed by atoms with Gasteiger partial charge in [0.1, 0.15) is 12.4 Å². The second kappa shape index (κ2) is 11.6. The maximum Gasteiger partial charge on any atom is 0.264 e. The molecule has 0 aliphatic carbocycles. The summed E-state index contributed by atoms with van der Waals surface area (Å²) in [6.45, 7) is 5.97. The summed E-state index contributed by atoms with van der Waals surface area (Å²) in [6.07, 6.45) is 1.65. The predicted molar refractivity (Wildman–Crippen MR) is 148 cm³/mol. The van der Waals surface area contributed by atoms with Crippen LogP contribution >= 0.6 is 0 Å². The predicted octanol–water partition coefficient (Wildman–Crippen LogP) is 6.21. The van der Waals surface area contributed by atoms with Gasteiger partial charge >= 0.3 is 0 Å². The summed E-state index contributed by atoms with van der Waals surface area (Å²) >= 11 is 0. The molecular formula is C30H28N2O4S. The molecule has 4 aromatic rings. The summed E-state index contributed by atoms with van der Waals surface area (Å²) in [5.41, 5.74) is 2.83. The molecule has 0 bridgehead atoms. The van der Waals surface area contributed by atoms with Crippen molar-refractivity contribution in [3.8, 4) is 5.75 Å². The van der Waals surface area contributed by atoms with Gasteiger partial charge in [-0.2, -0.15) is 0 Å². The van der Waals surface area contributed by atoms with Crippen molar-refractivity contribution in [3.05, 3.63) is 132 Å². The second-order valence-corrected chi connectivity index (χ2v) is 10.3. The van der Waals surface area contributed by atoms with Gasteiger partial charge in [0.25, 0.3) is 15.9 Å². The van der Waals surface area contributed by atoms with Gasteiger partial charge in [-0.3, -0.25) is 9.10 Å². The van der Waals surface area contributed by atoms with Crippen LogP contribution in [0.5, 0.6) is 5.75 Å². The third kappa shape index (κ3) is 6.26. The third-order valence-electron chi connectivity index (χ3n) is 5.68. The van der Waals surface area contributed by atoms with Gasteiger partial charge in [-0.05, 0) is 61.0 Å². The molecule has 188 valence electrons. The number of para-hydroxylation sites is 1. The van der Waals surface area contributed by atoms with E-state index in [1.165, 1.54) is 4.31 Å². The molecule has 6 nitrogen and oxygen atoms in total. The Hall–Kier alpha value is -4.36. The molecule has 0 saturated heterocycles. The number of ether oxygens (including phenoxy) is 1. The van der Waals surface area contributed by atoms with Crippen LogP contribution in [0.25, 0.3) is 0 Å². The van der Waals surface area contributed by atoms with Crippen LogP contribution in [0, 0.1) is 6.92 Å². The average molecular weight is 513 g/mol. The number of anilines is 2. The van der Waals surface area contributed by atoms with E-state index in [0.717, 1.165) is 11.1 Å². The summed E-state index contributed by atoms with van der Waals surface area (Å²) in [5.74, 6) is 0.226. The first-order chi connectivity index (χ1) is 17.9. The van der Waals surface area contributed by atoms with Gasteiger partial charge in [-0.15, -0.1) is 0 Å². The van der Waals surface area contributed by atoms with Gasteiger partial charge in [-0.25, -0.2) is 8.42 Å². The van der Waals surface area contributed by atoms with Crippen LogP contribution in [0.4, 0.5) is 11.4 Å². The van der Waals surface area contributed by atoms with Gasteiger partial charge in [0.15, 0.2) is 0 Å². The minimum Gasteiger partial charge on any atom is -0.490 e. The molecule has 4 rings (SSSR count). The normalized spacial score (nSPS) is 10.9. The molecule has 37 heavy (non-hydrogen) atoms. The van der Waals surface area contributed by atoms with Crippen LogP contribution in [-0.4, -0.2) is 20.9 Å². The van der Waals surface area contributed by atoms with E-state index in [1.807, 2.05) is 37.3 Å². The fourth-order valence-electron chi connectivity index (χ4n) is 3.76. The molecule has 0 saturated carbocycles. The Morgan fingerprint density at radius 3 is 2.22 bits per heavy atom. The molecule has 1 N–H and O–H groups in total. The Bertz CT molecular complexity index is 1470. The van der Waals surface area contributed by atoms with E-state index in [0.29, 0.717) is 18.0 Å². The SMILES string of the molecule is C=CCOc1ccc(NC(=O)c2ccccc2N(Cc2ccccc2)S(=O)(=O)c2ccc(C)cc2)cc1. The number of nitrogens with zero attached hydrogens (tertiary/aromatic N) is 1. The molecule has 1 amide bonds. The number of carbonyl (C=O) groups is 1.